The van der Waals surface area contributed by atoms with Crippen molar-refractivity contribution in [3.8, 4) is 0 Å². The fourth-order valence-electron chi connectivity index (χ4n) is 4.38. The first kappa shape index (κ1) is 20.4. The first-order chi connectivity index (χ1) is 14.5. The summed E-state index contributed by atoms with van der Waals surface area (Å²) >= 11 is 0. The molecule has 2 aromatic rings. The van der Waals surface area contributed by atoms with Gasteiger partial charge in [-0.2, -0.15) is 0 Å². The fourth-order valence-corrected chi connectivity index (χ4v) is 4.38. The van der Waals surface area contributed by atoms with Crippen molar-refractivity contribution in [2.45, 2.75) is 51.9 Å². The molecule has 30 heavy (non-hydrogen) atoms. The standard InChI is InChI=1S/C23H27FN4O2/c1-3-20(29)27-11-6-8-17(14-27)22-25-15(2)18-13-21(30)28(23(18)26-22)12-10-16-7-4-5-9-19(16)24/h4-5,7,9,17H,3,6,8,10-14H2,1-2H3/t17-/m0/s1. The lowest BCUT2D eigenvalue weighted by molar-refractivity contribution is -0.132. The zero-order valence-corrected chi connectivity index (χ0v) is 17.5. The lowest BCUT2D eigenvalue weighted by Gasteiger charge is -2.32. The van der Waals surface area contributed by atoms with E-state index in [9.17, 15) is 14.0 Å². The third-order valence-corrected chi connectivity index (χ3v) is 6.10. The van der Waals surface area contributed by atoms with Gasteiger partial charge in [0.15, 0.2) is 0 Å². The molecule has 1 fully saturated rings. The summed E-state index contributed by atoms with van der Waals surface area (Å²) in [6.07, 6.45) is 3.05. The summed E-state index contributed by atoms with van der Waals surface area (Å²) in [7, 11) is 0. The Hall–Kier alpha value is -2.83. The molecule has 6 nitrogen and oxygen atoms in total. The number of piperidine rings is 1. The largest absolute Gasteiger partial charge is 0.342 e. The van der Waals surface area contributed by atoms with Gasteiger partial charge in [0.05, 0.1) is 6.42 Å². The van der Waals surface area contributed by atoms with Crippen LogP contribution in [-0.2, 0) is 22.4 Å². The maximum atomic E-state index is 14.0. The van der Waals surface area contributed by atoms with Crippen molar-refractivity contribution < 1.29 is 14.0 Å². The van der Waals surface area contributed by atoms with Crippen molar-refractivity contribution in [3.63, 3.8) is 0 Å². The van der Waals surface area contributed by atoms with Crippen LogP contribution < -0.4 is 4.90 Å². The Morgan fingerprint density at radius 1 is 1.27 bits per heavy atom. The number of likely N-dealkylation sites (tertiary alicyclic amines) is 1. The number of fused-ring (bicyclic) bond motifs is 1. The number of halogens is 1. The molecule has 1 aromatic carbocycles. The molecule has 2 amide bonds. The first-order valence-electron chi connectivity index (χ1n) is 10.7. The molecule has 4 rings (SSSR count). The molecular formula is C23H27FN4O2. The van der Waals surface area contributed by atoms with Gasteiger partial charge in [-0.05, 0) is 37.8 Å². The fraction of sp³-hybridized carbons (Fsp3) is 0.478. The Morgan fingerprint density at radius 3 is 2.83 bits per heavy atom. The van der Waals surface area contributed by atoms with Crippen LogP contribution in [0.25, 0.3) is 0 Å². The molecule has 2 aliphatic rings. The maximum absolute atomic E-state index is 14.0. The van der Waals surface area contributed by atoms with Crippen LogP contribution in [0.5, 0.6) is 0 Å². The highest BCUT2D eigenvalue weighted by Crippen LogP contribution is 2.33. The molecule has 0 radical (unpaired) electrons. The van der Waals surface area contributed by atoms with Crippen molar-refractivity contribution in [3.05, 3.63) is 52.7 Å². The Balaban J connectivity index is 1.57. The minimum absolute atomic E-state index is 0.0256. The number of aryl methyl sites for hydroxylation is 1. The van der Waals surface area contributed by atoms with Gasteiger partial charge >= 0.3 is 0 Å². The van der Waals surface area contributed by atoms with Crippen LogP contribution in [0.2, 0.25) is 0 Å². The van der Waals surface area contributed by atoms with E-state index in [1.165, 1.54) is 6.07 Å². The monoisotopic (exact) mass is 410 g/mol. The van der Waals surface area contributed by atoms with Gasteiger partial charge in [0.1, 0.15) is 17.5 Å². The van der Waals surface area contributed by atoms with Gasteiger partial charge in [-0.25, -0.2) is 14.4 Å². The lowest BCUT2D eigenvalue weighted by atomic mass is 9.96. The van der Waals surface area contributed by atoms with Gasteiger partial charge in [0.2, 0.25) is 11.8 Å². The minimum atomic E-state index is -0.258. The zero-order valence-electron chi connectivity index (χ0n) is 17.5. The number of rotatable bonds is 5. The molecule has 0 bridgehead atoms. The minimum Gasteiger partial charge on any atom is -0.342 e. The van der Waals surface area contributed by atoms with Crippen molar-refractivity contribution in [2.24, 2.45) is 0 Å². The van der Waals surface area contributed by atoms with E-state index < -0.39 is 0 Å². The van der Waals surface area contributed by atoms with Gasteiger partial charge in [-0.15, -0.1) is 0 Å². The van der Waals surface area contributed by atoms with Gasteiger partial charge in [-0.3, -0.25) is 14.5 Å². The van der Waals surface area contributed by atoms with E-state index in [1.807, 2.05) is 18.7 Å². The van der Waals surface area contributed by atoms with Crippen LogP contribution in [0.15, 0.2) is 24.3 Å². The number of carbonyl (C=O) groups excluding carboxylic acids is 2. The molecule has 7 heteroatoms. The number of hydrogen-bond donors (Lipinski definition) is 0. The molecule has 1 aromatic heterocycles. The summed E-state index contributed by atoms with van der Waals surface area (Å²) in [4.78, 5) is 37.9. The van der Waals surface area contributed by atoms with E-state index in [0.29, 0.717) is 43.1 Å². The van der Waals surface area contributed by atoms with Crippen molar-refractivity contribution in [2.75, 3.05) is 24.5 Å². The quantitative estimate of drug-likeness (QED) is 0.759. The second-order valence-electron chi connectivity index (χ2n) is 8.07. The Bertz CT molecular complexity index is 978. The molecule has 3 heterocycles. The highest BCUT2D eigenvalue weighted by atomic mass is 19.1. The number of nitrogens with zero attached hydrogens (tertiary/aromatic N) is 4. The van der Waals surface area contributed by atoms with Crippen molar-refractivity contribution in [1.29, 1.82) is 0 Å². The van der Waals surface area contributed by atoms with Gasteiger partial charge < -0.3 is 4.90 Å². The first-order valence-corrected chi connectivity index (χ1v) is 10.7. The predicted molar refractivity (Wildman–Crippen MR) is 112 cm³/mol. The molecule has 0 saturated carbocycles. The molecule has 0 spiro atoms. The van der Waals surface area contributed by atoms with E-state index in [1.54, 1.807) is 23.1 Å². The highest BCUT2D eigenvalue weighted by molar-refractivity contribution is 6.00. The van der Waals surface area contributed by atoms with E-state index >= 15 is 0 Å². The lowest BCUT2D eigenvalue weighted by Crippen LogP contribution is -2.39. The van der Waals surface area contributed by atoms with Crippen LogP contribution in [0.3, 0.4) is 0 Å². The maximum Gasteiger partial charge on any atom is 0.232 e. The van der Waals surface area contributed by atoms with E-state index in [2.05, 4.69) is 0 Å². The molecule has 0 unspecified atom stereocenters. The number of carbonyl (C=O) groups is 2. The zero-order chi connectivity index (χ0) is 21.3. The third kappa shape index (κ3) is 3.93. The molecule has 1 saturated heterocycles. The topological polar surface area (TPSA) is 66.4 Å². The second-order valence-corrected chi connectivity index (χ2v) is 8.07. The Labute approximate surface area is 176 Å². The van der Waals surface area contributed by atoms with Crippen molar-refractivity contribution >= 4 is 17.6 Å². The average Bonchev–Trinajstić information content (AvgIpc) is 3.08. The predicted octanol–water partition coefficient (Wildman–Crippen LogP) is 3.17. The van der Waals surface area contributed by atoms with Crippen LogP contribution in [0.4, 0.5) is 10.2 Å². The van der Waals surface area contributed by atoms with Gasteiger partial charge in [0.25, 0.3) is 0 Å². The van der Waals surface area contributed by atoms with Gasteiger partial charge in [-0.1, -0.05) is 25.1 Å². The molecule has 2 aliphatic heterocycles. The summed E-state index contributed by atoms with van der Waals surface area (Å²) in [6, 6.07) is 6.64. The van der Waals surface area contributed by atoms with E-state index in [0.717, 1.165) is 30.6 Å². The summed E-state index contributed by atoms with van der Waals surface area (Å²) in [6.45, 7) is 5.57. The SMILES string of the molecule is CCC(=O)N1CCC[C@H](c2nc(C)c3c(n2)N(CCc2ccccc2F)C(=O)C3)C1. The van der Waals surface area contributed by atoms with E-state index in [4.69, 9.17) is 9.97 Å². The van der Waals surface area contributed by atoms with Crippen LogP contribution in [-0.4, -0.2) is 46.3 Å². The molecule has 1 atom stereocenters. The van der Waals surface area contributed by atoms with Crippen LogP contribution in [0, 0.1) is 12.7 Å². The molecule has 0 N–H and O–H groups in total. The normalized spacial score (nSPS) is 18.6. The molecule has 158 valence electrons. The molecular weight excluding hydrogens is 383 g/mol. The highest BCUT2D eigenvalue weighted by Gasteiger charge is 2.33. The number of hydrogen-bond acceptors (Lipinski definition) is 4. The number of anilines is 1. The number of amides is 2. The third-order valence-electron chi connectivity index (χ3n) is 6.10. The molecule has 0 aliphatic carbocycles. The second kappa shape index (κ2) is 8.50. The van der Waals surface area contributed by atoms with Crippen molar-refractivity contribution in [1.82, 2.24) is 14.9 Å². The van der Waals surface area contributed by atoms with Crippen LogP contribution >= 0.6 is 0 Å². The van der Waals surface area contributed by atoms with Gasteiger partial charge in [0, 0.05) is 43.2 Å². The smallest absolute Gasteiger partial charge is 0.232 e. The Morgan fingerprint density at radius 2 is 2.07 bits per heavy atom. The summed E-state index contributed by atoms with van der Waals surface area (Å²) < 4.78 is 14.0. The Kier molecular flexibility index (Phi) is 5.79. The number of aromatic nitrogens is 2. The summed E-state index contributed by atoms with van der Waals surface area (Å²) in [5.41, 5.74) is 2.26. The van der Waals surface area contributed by atoms with Crippen LogP contribution in [0.1, 0.15) is 54.7 Å². The number of benzene rings is 1. The summed E-state index contributed by atoms with van der Waals surface area (Å²) in [5, 5.41) is 0. The average molecular weight is 410 g/mol. The van der Waals surface area contributed by atoms with E-state index in [-0.39, 0.29) is 30.0 Å². The summed E-state index contributed by atoms with van der Waals surface area (Å²) in [5.74, 6) is 1.29.